The summed E-state index contributed by atoms with van der Waals surface area (Å²) in [5.74, 6) is 0.780. The van der Waals surface area contributed by atoms with Crippen molar-refractivity contribution in [3.63, 3.8) is 0 Å². The molecular weight excluding hydrogens is 311 g/mol. The second-order valence-electron chi connectivity index (χ2n) is 4.29. The molecule has 0 atom stereocenters. The number of nitriles is 1. The highest BCUT2D eigenvalue weighted by Gasteiger charge is 2.14. The van der Waals surface area contributed by atoms with Crippen LogP contribution >= 0.6 is 23.2 Å². The lowest BCUT2D eigenvalue weighted by Gasteiger charge is -2.02. The molecule has 1 N–H and O–H groups in total. The molecule has 2 heterocycles. The summed E-state index contributed by atoms with van der Waals surface area (Å²) < 4.78 is 5.17. The van der Waals surface area contributed by atoms with Crippen molar-refractivity contribution < 1.29 is 4.52 Å². The predicted molar refractivity (Wildman–Crippen MR) is 78.1 cm³/mol. The van der Waals surface area contributed by atoms with E-state index in [4.69, 9.17) is 33.0 Å². The van der Waals surface area contributed by atoms with Gasteiger partial charge in [-0.25, -0.2) is 0 Å². The SMILES string of the molecule is N#Cc1ccc(-c2nc(Cc3c(Cl)cccc3Cl)no2)[nH]1. The number of halogens is 2. The number of nitrogens with zero attached hydrogens (tertiary/aromatic N) is 3. The zero-order valence-electron chi connectivity index (χ0n) is 10.6. The largest absolute Gasteiger partial charge is 0.342 e. The molecule has 0 radical (unpaired) electrons. The van der Waals surface area contributed by atoms with Crippen molar-refractivity contribution in [3.05, 3.63) is 57.5 Å². The van der Waals surface area contributed by atoms with Crippen molar-refractivity contribution in [2.75, 3.05) is 0 Å². The fourth-order valence-electron chi connectivity index (χ4n) is 1.88. The van der Waals surface area contributed by atoms with Gasteiger partial charge in [0.2, 0.25) is 0 Å². The predicted octanol–water partition coefficient (Wildman–Crippen LogP) is 3.83. The lowest BCUT2D eigenvalue weighted by atomic mass is 10.1. The first kappa shape index (κ1) is 13.7. The molecule has 0 saturated carbocycles. The number of rotatable bonds is 3. The maximum absolute atomic E-state index is 8.78. The number of aromatic amines is 1. The molecule has 0 unspecified atom stereocenters. The summed E-state index contributed by atoms with van der Waals surface area (Å²) in [4.78, 5) is 7.14. The molecule has 0 aliphatic heterocycles. The Labute approximate surface area is 130 Å². The number of hydrogen-bond donors (Lipinski definition) is 1. The van der Waals surface area contributed by atoms with Gasteiger partial charge in [0.1, 0.15) is 17.5 Å². The monoisotopic (exact) mass is 318 g/mol. The molecule has 0 fully saturated rings. The van der Waals surface area contributed by atoms with E-state index in [1.165, 1.54) is 0 Å². The van der Waals surface area contributed by atoms with Crippen LogP contribution in [0.3, 0.4) is 0 Å². The van der Waals surface area contributed by atoms with E-state index in [1.54, 1.807) is 30.3 Å². The van der Waals surface area contributed by atoms with E-state index in [1.807, 2.05) is 6.07 Å². The third kappa shape index (κ3) is 2.77. The van der Waals surface area contributed by atoms with E-state index in [0.717, 1.165) is 5.56 Å². The van der Waals surface area contributed by atoms with E-state index in [-0.39, 0.29) is 0 Å². The van der Waals surface area contributed by atoms with E-state index >= 15 is 0 Å². The third-order valence-electron chi connectivity index (χ3n) is 2.90. The first-order valence-corrected chi connectivity index (χ1v) is 6.78. The van der Waals surface area contributed by atoms with Crippen LogP contribution in [-0.2, 0) is 6.42 Å². The minimum atomic E-state index is 0.315. The van der Waals surface area contributed by atoms with E-state index < -0.39 is 0 Å². The van der Waals surface area contributed by atoms with Crippen LogP contribution in [0, 0.1) is 11.3 Å². The Bertz CT molecular complexity index is 811. The van der Waals surface area contributed by atoms with Crippen LogP contribution in [0.15, 0.2) is 34.9 Å². The van der Waals surface area contributed by atoms with Crippen molar-refractivity contribution in [3.8, 4) is 17.7 Å². The van der Waals surface area contributed by atoms with Crippen LogP contribution < -0.4 is 0 Å². The molecule has 0 amide bonds. The number of H-pyrrole nitrogens is 1. The van der Waals surface area contributed by atoms with Crippen LogP contribution in [-0.4, -0.2) is 15.1 Å². The van der Waals surface area contributed by atoms with Gasteiger partial charge in [0.15, 0.2) is 5.82 Å². The van der Waals surface area contributed by atoms with Crippen molar-refractivity contribution >= 4 is 23.2 Å². The van der Waals surface area contributed by atoms with Gasteiger partial charge in [-0.05, 0) is 29.8 Å². The van der Waals surface area contributed by atoms with Crippen molar-refractivity contribution in [2.24, 2.45) is 0 Å². The molecule has 0 aliphatic carbocycles. The molecule has 0 bridgehead atoms. The Kier molecular flexibility index (Phi) is 3.65. The van der Waals surface area contributed by atoms with Gasteiger partial charge in [-0.15, -0.1) is 0 Å². The van der Waals surface area contributed by atoms with Gasteiger partial charge in [-0.1, -0.05) is 34.4 Å². The van der Waals surface area contributed by atoms with Gasteiger partial charge < -0.3 is 9.51 Å². The Morgan fingerprint density at radius 1 is 1.19 bits per heavy atom. The van der Waals surface area contributed by atoms with Gasteiger partial charge in [-0.2, -0.15) is 10.2 Å². The standard InChI is InChI=1S/C14H8Cl2N4O/c15-10-2-1-3-11(16)9(10)6-13-19-14(21-20-13)12-5-4-8(7-17)18-12/h1-5,18H,6H2. The normalized spacial score (nSPS) is 10.5. The number of aromatic nitrogens is 3. The van der Waals surface area contributed by atoms with Gasteiger partial charge in [0.05, 0.1) is 0 Å². The second-order valence-corrected chi connectivity index (χ2v) is 5.10. The van der Waals surface area contributed by atoms with Crippen LogP contribution in [0.1, 0.15) is 17.1 Å². The number of hydrogen-bond acceptors (Lipinski definition) is 4. The van der Waals surface area contributed by atoms with Crippen LogP contribution in [0.25, 0.3) is 11.6 Å². The summed E-state index contributed by atoms with van der Waals surface area (Å²) in [5, 5.41) is 13.8. The van der Waals surface area contributed by atoms with Gasteiger partial charge in [0, 0.05) is 16.5 Å². The fourth-order valence-corrected chi connectivity index (χ4v) is 2.41. The molecule has 5 nitrogen and oxygen atoms in total. The minimum absolute atomic E-state index is 0.315. The van der Waals surface area contributed by atoms with Crippen LogP contribution in [0.4, 0.5) is 0 Å². The van der Waals surface area contributed by atoms with Gasteiger partial charge >= 0.3 is 0 Å². The van der Waals surface area contributed by atoms with Gasteiger partial charge in [-0.3, -0.25) is 0 Å². The summed E-state index contributed by atoms with van der Waals surface area (Å²) in [5.41, 5.74) is 1.77. The Morgan fingerprint density at radius 3 is 2.62 bits per heavy atom. The maximum atomic E-state index is 8.78. The summed E-state index contributed by atoms with van der Waals surface area (Å²) in [6.45, 7) is 0. The first-order chi connectivity index (χ1) is 10.2. The van der Waals surface area contributed by atoms with E-state index in [2.05, 4.69) is 15.1 Å². The zero-order chi connectivity index (χ0) is 14.8. The molecule has 0 aliphatic rings. The summed E-state index contributed by atoms with van der Waals surface area (Å²) in [6.07, 6.45) is 0.369. The number of benzene rings is 1. The van der Waals surface area contributed by atoms with Crippen molar-refractivity contribution in [2.45, 2.75) is 6.42 Å². The average molecular weight is 319 g/mol. The highest BCUT2D eigenvalue weighted by molar-refractivity contribution is 6.36. The molecule has 0 saturated heterocycles. The van der Waals surface area contributed by atoms with Gasteiger partial charge in [0.25, 0.3) is 5.89 Å². The van der Waals surface area contributed by atoms with Crippen LogP contribution in [0.2, 0.25) is 10.0 Å². The molecule has 104 valence electrons. The topological polar surface area (TPSA) is 78.5 Å². The molecule has 21 heavy (non-hydrogen) atoms. The highest BCUT2D eigenvalue weighted by atomic mass is 35.5. The first-order valence-electron chi connectivity index (χ1n) is 6.02. The third-order valence-corrected chi connectivity index (χ3v) is 3.61. The Hall–Kier alpha value is -2.29. The molecule has 3 rings (SSSR count). The fraction of sp³-hybridized carbons (Fsp3) is 0.0714. The summed E-state index contributed by atoms with van der Waals surface area (Å²) in [7, 11) is 0. The van der Waals surface area contributed by atoms with Crippen molar-refractivity contribution in [1.82, 2.24) is 15.1 Å². The highest BCUT2D eigenvalue weighted by Crippen LogP contribution is 2.26. The summed E-state index contributed by atoms with van der Waals surface area (Å²) in [6, 6.07) is 10.6. The average Bonchev–Trinajstić information content (AvgIpc) is 3.11. The summed E-state index contributed by atoms with van der Waals surface area (Å²) >= 11 is 12.2. The molecule has 2 aromatic heterocycles. The smallest absolute Gasteiger partial charge is 0.274 e. The number of nitrogens with one attached hydrogen (secondary N) is 1. The second kappa shape index (κ2) is 5.60. The van der Waals surface area contributed by atoms with E-state index in [0.29, 0.717) is 39.6 Å². The lowest BCUT2D eigenvalue weighted by molar-refractivity contribution is 0.423. The van der Waals surface area contributed by atoms with Crippen molar-refractivity contribution in [1.29, 1.82) is 5.26 Å². The quantitative estimate of drug-likeness (QED) is 0.795. The molecule has 1 aromatic carbocycles. The molecule has 7 heteroatoms. The molecule has 3 aromatic rings. The minimum Gasteiger partial charge on any atom is -0.342 e. The Balaban J connectivity index is 1.87. The maximum Gasteiger partial charge on any atom is 0.274 e. The zero-order valence-corrected chi connectivity index (χ0v) is 12.1. The Morgan fingerprint density at radius 2 is 1.95 bits per heavy atom. The molecular formula is C14H8Cl2N4O. The lowest BCUT2D eigenvalue weighted by Crippen LogP contribution is -1.93. The molecule has 0 spiro atoms. The van der Waals surface area contributed by atoms with Crippen LogP contribution in [0.5, 0.6) is 0 Å². The van der Waals surface area contributed by atoms with E-state index in [9.17, 15) is 0 Å².